The van der Waals surface area contributed by atoms with Crippen molar-refractivity contribution in [3.63, 3.8) is 0 Å². The molecule has 0 spiro atoms. The van der Waals surface area contributed by atoms with Crippen LogP contribution in [0.3, 0.4) is 0 Å². The molecule has 0 bridgehead atoms. The van der Waals surface area contributed by atoms with Crippen molar-refractivity contribution in [2.24, 2.45) is 0 Å². The average molecular weight is 342 g/mol. The van der Waals surface area contributed by atoms with Crippen LogP contribution in [0.2, 0.25) is 0 Å². The number of thiazole rings is 1. The zero-order valence-corrected chi connectivity index (χ0v) is 14.2. The monoisotopic (exact) mass is 342 g/mol. The second kappa shape index (κ2) is 6.75. The molecule has 1 atom stereocenters. The maximum absolute atomic E-state index is 5.98. The lowest BCUT2D eigenvalue weighted by atomic mass is 10.2. The fourth-order valence-corrected chi connectivity index (χ4v) is 3.70. The van der Waals surface area contributed by atoms with Gasteiger partial charge >= 0.3 is 0 Å². The molecule has 1 aromatic carbocycles. The number of fused-ring (bicyclic) bond motifs is 1. The first-order valence-corrected chi connectivity index (χ1v) is 8.83. The van der Waals surface area contributed by atoms with E-state index in [9.17, 15) is 0 Å². The van der Waals surface area contributed by atoms with Gasteiger partial charge in [0, 0.05) is 29.6 Å². The number of nitrogens with zero attached hydrogens (tertiary/aromatic N) is 2. The van der Waals surface area contributed by atoms with Crippen LogP contribution in [0.5, 0.6) is 11.5 Å². The van der Waals surface area contributed by atoms with Crippen molar-refractivity contribution < 1.29 is 14.2 Å². The van der Waals surface area contributed by atoms with Crippen LogP contribution in [-0.4, -0.2) is 23.7 Å². The average Bonchev–Trinajstić information content (AvgIpc) is 3.30. The second-order valence-corrected chi connectivity index (χ2v) is 6.55. The van der Waals surface area contributed by atoms with E-state index in [4.69, 9.17) is 14.2 Å². The van der Waals surface area contributed by atoms with Gasteiger partial charge < -0.3 is 14.2 Å². The van der Waals surface area contributed by atoms with Gasteiger partial charge in [-0.15, -0.1) is 11.3 Å². The Morgan fingerprint density at radius 2 is 2.29 bits per heavy atom. The van der Waals surface area contributed by atoms with E-state index in [1.165, 1.54) is 0 Å². The molecule has 3 heterocycles. The molecule has 6 heteroatoms. The van der Waals surface area contributed by atoms with Gasteiger partial charge in [0.15, 0.2) is 0 Å². The number of ether oxygens (including phenoxy) is 3. The van der Waals surface area contributed by atoms with Gasteiger partial charge in [0.1, 0.15) is 29.2 Å². The fraction of sp³-hybridized carbons (Fsp3) is 0.333. The number of hydrogen-bond donors (Lipinski definition) is 0. The van der Waals surface area contributed by atoms with Gasteiger partial charge in [-0.1, -0.05) is 0 Å². The summed E-state index contributed by atoms with van der Waals surface area (Å²) < 4.78 is 16.9. The van der Waals surface area contributed by atoms with Gasteiger partial charge in [0.2, 0.25) is 0 Å². The third-order valence-corrected chi connectivity index (χ3v) is 5.05. The predicted octanol–water partition coefficient (Wildman–Crippen LogP) is 4.13. The van der Waals surface area contributed by atoms with E-state index in [0.717, 1.165) is 52.6 Å². The smallest absolute Gasteiger partial charge is 0.131 e. The molecule has 1 aliphatic heterocycles. The molecule has 24 heavy (non-hydrogen) atoms. The van der Waals surface area contributed by atoms with Crippen molar-refractivity contribution in [1.29, 1.82) is 0 Å². The zero-order chi connectivity index (χ0) is 16.4. The zero-order valence-electron chi connectivity index (χ0n) is 13.4. The summed E-state index contributed by atoms with van der Waals surface area (Å²) in [7, 11) is 1.65. The summed E-state index contributed by atoms with van der Waals surface area (Å²) in [6.07, 6.45) is 4.08. The number of pyridine rings is 1. The molecule has 1 saturated heterocycles. The van der Waals surface area contributed by atoms with Crippen LogP contribution in [0.25, 0.3) is 10.9 Å². The van der Waals surface area contributed by atoms with E-state index in [1.54, 1.807) is 24.6 Å². The van der Waals surface area contributed by atoms with E-state index in [1.807, 2.05) is 29.6 Å². The predicted molar refractivity (Wildman–Crippen MR) is 92.7 cm³/mol. The lowest BCUT2D eigenvalue weighted by Crippen LogP contribution is -1.99. The minimum atomic E-state index is 0.165. The Kier molecular flexibility index (Phi) is 4.32. The van der Waals surface area contributed by atoms with Crippen LogP contribution in [-0.2, 0) is 11.3 Å². The van der Waals surface area contributed by atoms with Crippen molar-refractivity contribution in [1.82, 2.24) is 9.97 Å². The Balaban J connectivity index is 1.50. The van der Waals surface area contributed by atoms with Crippen molar-refractivity contribution in [3.05, 3.63) is 46.5 Å². The van der Waals surface area contributed by atoms with Crippen molar-refractivity contribution in [2.45, 2.75) is 25.6 Å². The number of rotatable bonds is 5. The van der Waals surface area contributed by atoms with Gasteiger partial charge in [-0.25, -0.2) is 4.98 Å². The van der Waals surface area contributed by atoms with Crippen LogP contribution >= 0.6 is 11.3 Å². The van der Waals surface area contributed by atoms with Crippen LogP contribution in [0.4, 0.5) is 0 Å². The Hall–Kier alpha value is -2.18. The van der Waals surface area contributed by atoms with Crippen molar-refractivity contribution >= 4 is 22.2 Å². The molecule has 0 unspecified atom stereocenters. The quantitative estimate of drug-likeness (QED) is 0.698. The molecule has 2 aromatic heterocycles. The van der Waals surface area contributed by atoms with Crippen LogP contribution < -0.4 is 9.47 Å². The summed E-state index contributed by atoms with van der Waals surface area (Å²) in [6, 6.07) is 7.66. The Morgan fingerprint density at radius 1 is 1.33 bits per heavy atom. The van der Waals surface area contributed by atoms with Crippen LogP contribution in [0.1, 0.15) is 29.6 Å². The fourth-order valence-electron chi connectivity index (χ4n) is 2.82. The molecule has 4 rings (SSSR count). The second-order valence-electron chi connectivity index (χ2n) is 5.66. The first kappa shape index (κ1) is 15.4. The lowest BCUT2D eigenvalue weighted by Gasteiger charge is -2.09. The highest BCUT2D eigenvalue weighted by molar-refractivity contribution is 7.09. The highest BCUT2D eigenvalue weighted by Gasteiger charge is 2.21. The van der Waals surface area contributed by atoms with Gasteiger partial charge in [-0.2, -0.15) is 0 Å². The van der Waals surface area contributed by atoms with Gasteiger partial charge in [-0.05, 0) is 31.0 Å². The maximum atomic E-state index is 5.98. The van der Waals surface area contributed by atoms with Crippen LogP contribution in [0.15, 0.2) is 35.8 Å². The van der Waals surface area contributed by atoms with Gasteiger partial charge in [0.25, 0.3) is 0 Å². The maximum Gasteiger partial charge on any atom is 0.131 e. The van der Waals surface area contributed by atoms with Gasteiger partial charge in [-0.3, -0.25) is 4.98 Å². The first-order chi connectivity index (χ1) is 11.8. The molecule has 0 aliphatic carbocycles. The Morgan fingerprint density at radius 3 is 3.12 bits per heavy atom. The molecule has 1 fully saturated rings. The van der Waals surface area contributed by atoms with Gasteiger partial charge in [0.05, 0.1) is 18.3 Å². The van der Waals surface area contributed by atoms with Crippen molar-refractivity contribution in [3.8, 4) is 11.5 Å². The Labute approximate surface area is 144 Å². The van der Waals surface area contributed by atoms with E-state index < -0.39 is 0 Å². The molecule has 1 aliphatic rings. The lowest BCUT2D eigenvalue weighted by molar-refractivity contribution is 0.111. The molecular formula is C18H18N2O3S. The third-order valence-electron chi connectivity index (χ3n) is 4.06. The number of methoxy groups -OCH3 is 1. The first-order valence-electron chi connectivity index (χ1n) is 7.95. The van der Waals surface area contributed by atoms with E-state index in [2.05, 4.69) is 9.97 Å². The minimum absolute atomic E-state index is 0.165. The van der Waals surface area contributed by atoms with Crippen LogP contribution in [0, 0.1) is 0 Å². The van der Waals surface area contributed by atoms with Crippen molar-refractivity contribution in [2.75, 3.05) is 13.7 Å². The summed E-state index contributed by atoms with van der Waals surface area (Å²) in [6.45, 7) is 1.27. The largest absolute Gasteiger partial charge is 0.497 e. The number of benzene rings is 1. The summed E-state index contributed by atoms with van der Waals surface area (Å²) in [5, 5.41) is 4.06. The summed E-state index contributed by atoms with van der Waals surface area (Å²) in [5.74, 6) is 1.59. The van der Waals surface area contributed by atoms with E-state index in [0.29, 0.717) is 6.61 Å². The number of aromatic nitrogens is 2. The molecule has 124 valence electrons. The topological polar surface area (TPSA) is 53.5 Å². The highest BCUT2D eigenvalue weighted by atomic mass is 32.1. The summed E-state index contributed by atoms with van der Waals surface area (Å²) in [5.41, 5.74) is 1.79. The molecule has 3 aromatic rings. The normalized spacial score (nSPS) is 17.3. The molecule has 0 radical (unpaired) electrons. The summed E-state index contributed by atoms with van der Waals surface area (Å²) >= 11 is 1.65. The molecular weight excluding hydrogens is 324 g/mol. The molecule has 5 nitrogen and oxygen atoms in total. The third kappa shape index (κ3) is 3.07. The molecule has 0 amide bonds. The van der Waals surface area contributed by atoms with E-state index >= 15 is 0 Å². The standard InChI is InChI=1S/C18H18N2O3S/c1-21-13-4-5-14-15(9-13)19-7-6-16(14)23-10-12-11-24-18(20-12)17-3-2-8-22-17/h4-7,9,11,17H,2-3,8,10H2,1H3/t17-/m0/s1. The van der Waals surface area contributed by atoms with E-state index in [-0.39, 0.29) is 6.10 Å². The highest BCUT2D eigenvalue weighted by Crippen LogP contribution is 2.31. The molecule has 0 saturated carbocycles. The SMILES string of the molecule is COc1ccc2c(OCc3csc([C@@H]4CCCO4)n3)ccnc2c1. The summed E-state index contributed by atoms with van der Waals surface area (Å²) in [4.78, 5) is 9.02. The molecule has 0 N–H and O–H groups in total. The number of hydrogen-bond acceptors (Lipinski definition) is 6. The minimum Gasteiger partial charge on any atom is -0.497 e. The Bertz CT molecular complexity index is 843.